The second-order valence-corrected chi connectivity index (χ2v) is 5.68. The zero-order valence-electron chi connectivity index (χ0n) is 13.2. The van der Waals surface area contributed by atoms with E-state index in [1.807, 2.05) is 0 Å². The molecule has 2 nitrogen and oxygen atoms in total. The highest BCUT2D eigenvalue weighted by Gasteiger charge is 2.23. The summed E-state index contributed by atoms with van der Waals surface area (Å²) in [6, 6.07) is 21.4. The van der Waals surface area contributed by atoms with Gasteiger partial charge in [-0.25, -0.2) is 0 Å². The van der Waals surface area contributed by atoms with E-state index in [0.717, 1.165) is 19.8 Å². The highest BCUT2D eigenvalue weighted by atomic mass is 35.5. The number of hydrogen-bond acceptors (Lipinski definition) is 2. The normalized spacial score (nSPS) is 14.3. The van der Waals surface area contributed by atoms with E-state index >= 15 is 0 Å². The van der Waals surface area contributed by atoms with Crippen LogP contribution in [0.3, 0.4) is 0 Å². The molecule has 0 atom stereocenters. The topological polar surface area (TPSA) is 6.48 Å². The third-order valence-electron chi connectivity index (χ3n) is 4.25. The van der Waals surface area contributed by atoms with Gasteiger partial charge in [0, 0.05) is 24.5 Å². The zero-order chi connectivity index (χ0) is 14.7. The zero-order valence-corrected chi connectivity index (χ0v) is 14.0. The summed E-state index contributed by atoms with van der Waals surface area (Å²) in [5.41, 5.74) is 5.50. The number of benzene rings is 2. The first-order valence-corrected chi connectivity index (χ1v) is 7.49. The fourth-order valence-electron chi connectivity index (χ4n) is 2.82. The van der Waals surface area contributed by atoms with Crippen molar-refractivity contribution in [1.29, 1.82) is 0 Å². The predicted molar refractivity (Wildman–Crippen MR) is 94.5 cm³/mol. The lowest BCUT2D eigenvalue weighted by molar-refractivity contribution is 0.236. The molecule has 0 spiro atoms. The van der Waals surface area contributed by atoms with Crippen LogP contribution in [0.4, 0.5) is 0 Å². The molecule has 0 aromatic heterocycles. The maximum Gasteiger partial charge on any atom is 0.0905 e. The highest BCUT2D eigenvalue weighted by molar-refractivity contribution is 5.85. The molecule has 0 N–H and O–H groups in total. The fourth-order valence-corrected chi connectivity index (χ4v) is 2.82. The van der Waals surface area contributed by atoms with Crippen LogP contribution in [-0.2, 0) is 13.1 Å². The molecule has 0 aliphatic carbocycles. The average Bonchev–Trinajstić information content (AvgIpc) is 2.78. The van der Waals surface area contributed by atoms with Crippen molar-refractivity contribution in [1.82, 2.24) is 9.80 Å². The fraction of sp³-hybridized carbons (Fsp3) is 0.263. The van der Waals surface area contributed by atoms with Gasteiger partial charge in [-0.05, 0) is 25.0 Å². The molecule has 2 aromatic carbocycles. The summed E-state index contributed by atoms with van der Waals surface area (Å²) in [7, 11) is 0. The summed E-state index contributed by atoms with van der Waals surface area (Å²) in [6.45, 7) is 7.39. The van der Waals surface area contributed by atoms with Gasteiger partial charge in [0.25, 0.3) is 0 Å². The summed E-state index contributed by atoms with van der Waals surface area (Å²) in [5, 5.41) is 0. The van der Waals surface area contributed by atoms with E-state index in [1.165, 1.54) is 22.5 Å². The molecule has 22 heavy (non-hydrogen) atoms. The van der Waals surface area contributed by atoms with E-state index in [1.54, 1.807) is 0 Å². The Morgan fingerprint density at radius 1 is 0.682 bits per heavy atom. The third-order valence-corrected chi connectivity index (χ3v) is 4.25. The van der Waals surface area contributed by atoms with E-state index in [2.05, 4.69) is 84.3 Å². The van der Waals surface area contributed by atoms with Gasteiger partial charge in [-0.2, -0.15) is 0 Å². The van der Waals surface area contributed by atoms with Crippen LogP contribution < -0.4 is 0 Å². The van der Waals surface area contributed by atoms with Gasteiger partial charge in [-0.3, -0.25) is 0 Å². The van der Waals surface area contributed by atoms with Crippen LogP contribution in [-0.4, -0.2) is 16.5 Å². The van der Waals surface area contributed by atoms with Gasteiger partial charge in [-0.1, -0.05) is 60.7 Å². The maximum absolute atomic E-state index is 2.45. The molecule has 0 saturated carbocycles. The van der Waals surface area contributed by atoms with Crippen LogP contribution in [0, 0.1) is 0 Å². The minimum absolute atomic E-state index is 0. The Balaban J connectivity index is 0.00000176. The molecule has 2 aromatic rings. The van der Waals surface area contributed by atoms with Gasteiger partial charge in [0.05, 0.1) is 6.67 Å². The van der Waals surface area contributed by atoms with E-state index in [-0.39, 0.29) is 12.4 Å². The lowest BCUT2D eigenvalue weighted by atomic mass is 10.2. The van der Waals surface area contributed by atoms with Crippen molar-refractivity contribution in [2.45, 2.75) is 26.9 Å². The lowest BCUT2D eigenvalue weighted by Gasteiger charge is -2.24. The van der Waals surface area contributed by atoms with Crippen molar-refractivity contribution >= 4 is 12.4 Å². The van der Waals surface area contributed by atoms with Gasteiger partial charge in [-0.15, -0.1) is 12.4 Å². The molecule has 1 aliphatic heterocycles. The first-order chi connectivity index (χ1) is 10.2. The first kappa shape index (κ1) is 16.4. The molecule has 1 aliphatic rings. The summed E-state index contributed by atoms with van der Waals surface area (Å²) < 4.78 is 0. The average molecular weight is 315 g/mol. The van der Waals surface area contributed by atoms with E-state index in [0.29, 0.717) is 0 Å². The summed E-state index contributed by atoms with van der Waals surface area (Å²) in [6.07, 6.45) is 0. The Hall–Kier alpha value is -1.93. The molecule has 0 fully saturated rings. The molecule has 1 heterocycles. The quantitative estimate of drug-likeness (QED) is 0.811. The third kappa shape index (κ3) is 3.63. The van der Waals surface area contributed by atoms with E-state index in [9.17, 15) is 0 Å². The second-order valence-electron chi connectivity index (χ2n) is 5.68. The van der Waals surface area contributed by atoms with Gasteiger partial charge >= 0.3 is 0 Å². The van der Waals surface area contributed by atoms with Crippen LogP contribution in [0.2, 0.25) is 0 Å². The Bertz CT molecular complexity index is 567. The molecular weight excluding hydrogens is 292 g/mol. The van der Waals surface area contributed by atoms with Gasteiger partial charge < -0.3 is 9.80 Å². The molecular formula is C19H23ClN2. The molecule has 0 unspecified atom stereocenters. The first-order valence-electron chi connectivity index (χ1n) is 7.49. The maximum atomic E-state index is 2.45. The van der Waals surface area contributed by atoms with Crippen LogP contribution in [0.5, 0.6) is 0 Å². The molecule has 0 radical (unpaired) electrons. The summed E-state index contributed by atoms with van der Waals surface area (Å²) >= 11 is 0. The minimum Gasteiger partial charge on any atom is -0.352 e. The van der Waals surface area contributed by atoms with Crippen LogP contribution in [0.25, 0.3) is 0 Å². The largest absolute Gasteiger partial charge is 0.352 e. The summed E-state index contributed by atoms with van der Waals surface area (Å²) in [4.78, 5) is 4.90. The Morgan fingerprint density at radius 2 is 1.05 bits per heavy atom. The second kappa shape index (κ2) is 7.37. The number of halogens is 1. The molecule has 0 saturated heterocycles. The number of rotatable bonds is 4. The molecule has 0 amide bonds. The Kier molecular flexibility index (Phi) is 5.51. The molecule has 3 rings (SSSR count). The number of hydrogen-bond donors (Lipinski definition) is 0. The van der Waals surface area contributed by atoms with Gasteiger partial charge in [0.1, 0.15) is 0 Å². The minimum atomic E-state index is 0. The van der Waals surface area contributed by atoms with Gasteiger partial charge in [0.15, 0.2) is 0 Å². The Labute approximate surface area is 139 Å². The molecule has 3 heteroatoms. The van der Waals surface area contributed by atoms with Crippen molar-refractivity contribution in [3.05, 3.63) is 83.2 Å². The highest BCUT2D eigenvalue weighted by Crippen LogP contribution is 2.26. The SMILES string of the molecule is CC1=C(C)N(Cc2ccccc2)CN1Cc1ccccc1.Cl. The predicted octanol–water partition coefficient (Wildman–Crippen LogP) is 4.64. The monoisotopic (exact) mass is 314 g/mol. The molecule has 116 valence electrons. The van der Waals surface area contributed by atoms with Crippen LogP contribution in [0.1, 0.15) is 25.0 Å². The van der Waals surface area contributed by atoms with Crippen molar-refractivity contribution in [3.8, 4) is 0 Å². The van der Waals surface area contributed by atoms with Crippen molar-refractivity contribution in [3.63, 3.8) is 0 Å². The van der Waals surface area contributed by atoms with Crippen molar-refractivity contribution < 1.29 is 0 Å². The van der Waals surface area contributed by atoms with Crippen molar-refractivity contribution in [2.75, 3.05) is 6.67 Å². The van der Waals surface area contributed by atoms with Crippen LogP contribution >= 0.6 is 12.4 Å². The number of nitrogens with zero attached hydrogens (tertiary/aromatic N) is 2. The van der Waals surface area contributed by atoms with Crippen molar-refractivity contribution in [2.24, 2.45) is 0 Å². The summed E-state index contributed by atoms with van der Waals surface area (Å²) in [5.74, 6) is 0. The lowest BCUT2D eigenvalue weighted by Crippen LogP contribution is -2.26. The Morgan fingerprint density at radius 3 is 1.41 bits per heavy atom. The number of allylic oxidation sites excluding steroid dienone is 2. The smallest absolute Gasteiger partial charge is 0.0905 e. The molecule has 0 bridgehead atoms. The van der Waals surface area contributed by atoms with Crippen LogP contribution in [0.15, 0.2) is 72.1 Å². The van der Waals surface area contributed by atoms with E-state index < -0.39 is 0 Å². The standard InChI is InChI=1S/C19H22N2.ClH/c1-16-17(2)21(14-19-11-7-4-8-12-19)15-20(16)13-18-9-5-3-6-10-18;/h3-12H,13-15H2,1-2H3;1H. The van der Waals surface area contributed by atoms with Gasteiger partial charge in [0.2, 0.25) is 0 Å². The van der Waals surface area contributed by atoms with E-state index in [4.69, 9.17) is 0 Å².